The van der Waals surface area contributed by atoms with Crippen LogP contribution in [0, 0.1) is 12.3 Å². The molecular weight excluding hydrogens is 522 g/mol. The maximum atomic E-state index is 12.8. The molecule has 1 N–H and O–H groups in total. The molecule has 0 saturated heterocycles. The Balaban J connectivity index is 1.46. The Morgan fingerprint density at radius 1 is 1.03 bits per heavy atom. The average molecular weight is 546 g/mol. The van der Waals surface area contributed by atoms with E-state index in [1.54, 1.807) is 36.1 Å². The van der Waals surface area contributed by atoms with Gasteiger partial charge in [-0.15, -0.1) is 0 Å². The van der Waals surface area contributed by atoms with E-state index in [1.165, 1.54) is 36.0 Å². The molecule has 5 rings (SSSR count). The van der Waals surface area contributed by atoms with Crippen molar-refractivity contribution in [3.8, 4) is 11.5 Å². The van der Waals surface area contributed by atoms with Gasteiger partial charge < -0.3 is 8.92 Å². The number of hydrogen-bond donors (Lipinski definition) is 1. The summed E-state index contributed by atoms with van der Waals surface area (Å²) in [5, 5.41) is 11.1. The second kappa shape index (κ2) is 10.3. The van der Waals surface area contributed by atoms with E-state index in [-0.39, 0.29) is 34.4 Å². The van der Waals surface area contributed by atoms with Gasteiger partial charge in [0.1, 0.15) is 10.7 Å². The maximum Gasteiger partial charge on any atom is 0.339 e. The fourth-order valence-corrected chi connectivity index (χ4v) is 5.73. The van der Waals surface area contributed by atoms with E-state index in [1.807, 2.05) is 42.7 Å². The van der Waals surface area contributed by atoms with Crippen LogP contribution in [0.5, 0.6) is 11.5 Å². The summed E-state index contributed by atoms with van der Waals surface area (Å²) in [6.07, 6.45) is 1.54. The average Bonchev–Trinajstić information content (AvgIpc) is 3.33. The molecular formula is C28H23N3O5S2. The highest BCUT2D eigenvalue weighted by Crippen LogP contribution is 2.38. The summed E-state index contributed by atoms with van der Waals surface area (Å²) in [6.45, 7) is 3.89. The smallest absolute Gasteiger partial charge is 0.339 e. The van der Waals surface area contributed by atoms with Gasteiger partial charge in [-0.2, -0.15) is 13.4 Å². The number of aryl methyl sites for hydroxylation is 1. The number of rotatable bonds is 7. The Bertz CT molecular complexity index is 1630. The lowest BCUT2D eigenvalue weighted by atomic mass is 10.1. The third-order valence-electron chi connectivity index (χ3n) is 5.77. The SMILES string of the molecule is CCOc1cc(/C=C2\C(=N)N3C(c4ccccc4)=CSC3=NC2=O)ccc1OS(=O)(=O)c1ccc(C)cc1. The summed E-state index contributed by atoms with van der Waals surface area (Å²) in [4.78, 5) is 18.7. The van der Waals surface area contributed by atoms with Crippen molar-refractivity contribution in [2.75, 3.05) is 6.61 Å². The van der Waals surface area contributed by atoms with Crippen LogP contribution in [0.2, 0.25) is 0 Å². The Morgan fingerprint density at radius 2 is 1.76 bits per heavy atom. The van der Waals surface area contributed by atoms with Gasteiger partial charge in [0.2, 0.25) is 0 Å². The van der Waals surface area contributed by atoms with Crippen molar-refractivity contribution in [1.82, 2.24) is 4.90 Å². The first-order valence-electron chi connectivity index (χ1n) is 11.7. The van der Waals surface area contributed by atoms with E-state index >= 15 is 0 Å². The summed E-state index contributed by atoms with van der Waals surface area (Å²) < 4.78 is 36.7. The summed E-state index contributed by atoms with van der Waals surface area (Å²) in [7, 11) is -4.09. The zero-order valence-electron chi connectivity index (χ0n) is 20.5. The van der Waals surface area contributed by atoms with Gasteiger partial charge in [-0.25, -0.2) is 0 Å². The molecule has 0 saturated carbocycles. The van der Waals surface area contributed by atoms with E-state index < -0.39 is 16.0 Å². The third kappa shape index (κ3) is 5.00. The number of aliphatic imine (C=N–C) groups is 1. The minimum absolute atomic E-state index is 0.000313. The molecule has 2 aliphatic heterocycles. The summed E-state index contributed by atoms with van der Waals surface area (Å²) >= 11 is 1.29. The molecule has 10 heteroatoms. The zero-order valence-corrected chi connectivity index (χ0v) is 22.2. The first-order valence-corrected chi connectivity index (χ1v) is 14.0. The number of carbonyl (C=O) groups excluding carboxylic acids is 1. The summed E-state index contributed by atoms with van der Waals surface area (Å²) in [5.74, 6) is -0.319. The number of amidine groups is 2. The van der Waals surface area contributed by atoms with E-state index in [9.17, 15) is 13.2 Å². The predicted octanol–water partition coefficient (Wildman–Crippen LogP) is 5.47. The minimum Gasteiger partial charge on any atom is -0.490 e. The predicted molar refractivity (Wildman–Crippen MR) is 149 cm³/mol. The number of amides is 1. The van der Waals surface area contributed by atoms with Crippen molar-refractivity contribution >= 4 is 50.6 Å². The second-order valence-corrected chi connectivity index (χ2v) is 10.8. The van der Waals surface area contributed by atoms with Crippen molar-refractivity contribution in [2.24, 2.45) is 4.99 Å². The standard InChI is InChI=1S/C28H23N3O5S2/c1-3-35-25-16-19(11-14-24(25)36-38(33,34)21-12-9-18(2)10-13-21)15-22-26(29)31-23(20-7-5-4-6-8-20)17-37-28(31)30-27(22)32/h4-17,29H,3H2,1-2H3/b22-15+,29-26?. The highest BCUT2D eigenvalue weighted by Gasteiger charge is 2.36. The highest BCUT2D eigenvalue weighted by molar-refractivity contribution is 8.17. The van der Waals surface area contributed by atoms with Gasteiger partial charge in [-0.05, 0) is 55.3 Å². The molecule has 8 nitrogen and oxygen atoms in total. The molecule has 38 heavy (non-hydrogen) atoms. The van der Waals surface area contributed by atoms with Crippen LogP contribution in [0.4, 0.5) is 0 Å². The molecule has 0 radical (unpaired) electrons. The van der Waals surface area contributed by atoms with E-state index in [0.717, 1.165) is 16.8 Å². The summed E-state index contributed by atoms with van der Waals surface area (Å²) in [5.41, 5.74) is 3.21. The third-order valence-corrected chi connectivity index (χ3v) is 7.85. The lowest BCUT2D eigenvalue weighted by molar-refractivity contribution is -0.114. The van der Waals surface area contributed by atoms with Crippen LogP contribution >= 0.6 is 11.8 Å². The Kier molecular flexibility index (Phi) is 6.92. The number of nitrogens with zero attached hydrogens (tertiary/aromatic N) is 2. The van der Waals surface area contributed by atoms with Crippen molar-refractivity contribution in [1.29, 1.82) is 5.41 Å². The fraction of sp³-hybridized carbons (Fsp3) is 0.107. The molecule has 2 aliphatic rings. The van der Waals surface area contributed by atoms with Crippen LogP contribution in [0.25, 0.3) is 11.8 Å². The van der Waals surface area contributed by atoms with E-state index in [0.29, 0.717) is 10.7 Å². The molecule has 0 spiro atoms. The molecule has 0 aromatic heterocycles. The topological polar surface area (TPSA) is 109 Å². The van der Waals surface area contributed by atoms with Gasteiger partial charge >= 0.3 is 10.1 Å². The molecule has 192 valence electrons. The zero-order chi connectivity index (χ0) is 26.9. The lowest BCUT2D eigenvalue weighted by Crippen LogP contribution is -2.38. The molecule has 0 unspecified atom stereocenters. The van der Waals surface area contributed by atoms with E-state index in [2.05, 4.69) is 4.99 Å². The molecule has 3 aromatic rings. The molecule has 0 bridgehead atoms. The first kappa shape index (κ1) is 25.5. The largest absolute Gasteiger partial charge is 0.490 e. The molecule has 2 heterocycles. The van der Waals surface area contributed by atoms with Crippen LogP contribution < -0.4 is 8.92 Å². The fourth-order valence-electron chi connectivity index (χ4n) is 3.90. The van der Waals surface area contributed by atoms with Crippen LogP contribution in [0.1, 0.15) is 23.6 Å². The number of benzene rings is 3. The number of thioether (sulfide) groups is 1. The Hall–Kier alpha value is -4.15. The number of ether oxygens (including phenoxy) is 1. The molecule has 0 aliphatic carbocycles. The molecule has 0 atom stereocenters. The number of nitrogens with one attached hydrogen (secondary N) is 1. The number of carbonyl (C=O) groups is 1. The normalized spacial score (nSPS) is 16.3. The van der Waals surface area contributed by atoms with E-state index in [4.69, 9.17) is 14.3 Å². The van der Waals surface area contributed by atoms with Gasteiger partial charge in [0, 0.05) is 5.41 Å². The van der Waals surface area contributed by atoms with Gasteiger partial charge in [-0.3, -0.25) is 15.1 Å². The minimum atomic E-state index is -4.09. The molecule has 0 fully saturated rings. The van der Waals surface area contributed by atoms with Crippen LogP contribution in [0.3, 0.4) is 0 Å². The Labute approximate surface area is 224 Å². The van der Waals surface area contributed by atoms with Gasteiger partial charge in [0.15, 0.2) is 16.7 Å². The molecule has 1 amide bonds. The maximum absolute atomic E-state index is 12.8. The van der Waals surface area contributed by atoms with Crippen molar-refractivity contribution in [2.45, 2.75) is 18.7 Å². The van der Waals surface area contributed by atoms with Gasteiger partial charge in [0.05, 0.1) is 17.9 Å². The lowest BCUT2D eigenvalue weighted by Gasteiger charge is -2.27. The van der Waals surface area contributed by atoms with Crippen molar-refractivity contribution < 1.29 is 22.1 Å². The quantitative estimate of drug-likeness (QED) is 0.310. The van der Waals surface area contributed by atoms with Crippen LogP contribution in [-0.2, 0) is 14.9 Å². The van der Waals surface area contributed by atoms with Crippen molar-refractivity contribution in [3.05, 3.63) is 100 Å². The van der Waals surface area contributed by atoms with Crippen LogP contribution in [0.15, 0.2) is 93.7 Å². The molecule has 3 aromatic carbocycles. The number of fused-ring (bicyclic) bond motifs is 1. The van der Waals surface area contributed by atoms with Crippen LogP contribution in [-0.4, -0.2) is 36.8 Å². The first-order chi connectivity index (χ1) is 18.3. The summed E-state index contributed by atoms with van der Waals surface area (Å²) in [6, 6.07) is 20.6. The Morgan fingerprint density at radius 3 is 2.47 bits per heavy atom. The monoisotopic (exact) mass is 545 g/mol. The van der Waals surface area contributed by atoms with Gasteiger partial charge in [0.25, 0.3) is 5.91 Å². The highest BCUT2D eigenvalue weighted by atomic mass is 32.2. The van der Waals surface area contributed by atoms with Crippen molar-refractivity contribution in [3.63, 3.8) is 0 Å². The second-order valence-electron chi connectivity index (χ2n) is 8.42. The van der Waals surface area contributed by atoms with Gasteiger partial charge in [-0.1, -0.05) is 65.9 Å². The number of hydrogen-bond acceptors (Lipinski definition) is 7.